The lowest BCUT2D eigenvalue weighted by molar-refractivity contribution is 0.817. The molecule has 18 heavy (non-hydrogen) atoms. The van der Waals surface area contributed by atoms with Crippen LogP contribution in [0.2, 0.25) is 0 Å². The first kappa shape index (κ1) is 9.89. The Balaban J connectivity index is 2.01. The molecule has 0 spiro atoms. The van der Waals surface area contributed by atoms with Gasteiger partial charge in [0, 0.05) is 12.1 Å². The summed E-state index contributed by atoms with van der Waals surface area (Å²) in [6, 6.07) is 6.36. The molecule has 2 aromatic rings. The summed E-state index contributed by atoms with van der Waals surface area (Å²) in [5.74, 6) is 1.14. The number of para-hydroxylation sites is 1. The highest BCUT2D eigenvalue weighted by atomic mass is 15.1. The topological polar surface area (TPSA) is 17.8 Å². The van der Waals surface area contributed by atoms with Crippen molar-refractivity contribution in [1.29, 1.82) is 0 Å². The van der Waals surface area contributed by atoms with E-state index in [4.69, 9.17) is 4.98 Å². The van der Waals surface area contributed by atoms with E-state index in [1.54, 1.807) is 0 Å². The average molecular weight is 234 g/mol. The number of hydrogen-bond donors (Lipinski definition) is 0. The molecule has 0 saturated carbocycles. The predicted molar refractivity (Wildman–Crippen MR) is 75.1 cm³/mol. The van der Waals surface area contributed by atoms with Crippen molar-refractivity contribution in [3.63, 3.8) is 0 Å². The van der Waals surface area contributed by atoms with Crippen LogP contribution in [0.15, 0.2) is 42.5 Å². The van der Waals surface area contributed by atoms with Crippen LogP contribution in [0, 0.1) is 0 Å². The third-order valence-electron chi connectivity index (χ3n) is 3.68. The van der Waals surface area contributed by atoms with E-state index < -0.39 is 0 Å². The summed E-state index contributed by atoms with van der Waals surface area (Å²) in [5.41, 5.74) is 5.03. The molecule has 4 rings (SSSR count). The van der Waals surface area contributed by atoms with E-state index in [2.05, 4.69) is 53.1 Å². The highest BCUT2D eigenvalue weighted by Gasteiger charge is 2.17. The van der Waals surface area contributed by atoms with E-state index in [-0.39, 0.29) is 0 Å². The second kappa shape index (κ2) is 3.70. The molecule has 88 valence electrons. The molecule has 0 amide bonds. The number of aromatic nitrogens is 2. The largest absolute Gasteiger partial charge is 0.320 e. The summed E-state index contributed by atoms with van der Waals surface area (Å²) in [4.78, 5) is 4.83. The number of imidazole rings is 1. The van der Waals surface area contributed by atoms with Crippen molar-refractivity contribution in [1.82, 2.24) is 9.55 Å². The minimum Gasteiger partial charge on any atom is -0.320 e. The van der Waals surface area contributed by atoms with Crippen LogP contribution in [0.4, 0.5) is 0 Å². The zero-order valence-electron chi connectivity index (χ0n) is 10.1. The summed E-state index contributed by atoms with van der Waals surface area (Å²) in [5, 5.41) is 0. The third kappa shape index (κ3) is 1.32. The Morgan fingerprint density at radius 2 is 2.17 bits per heavy atom. The van der Waals surface area contributed by atoms with Gasteiger partial charge in [0.2, 0.25) is 0 Å². The monoisotopic (exact) mass is 234 g/mol. The standard InChI is InChI=1S/C16H14N2/c1-2-6-13(7-3-1)16-17-14-10-4-8-12-9-5-11-18(16)15(12)14/h1-2,4-6,8-10H,3,7,11H2. The molecule has 2 heteroatoms. The molecule has 1 aliphatic heterocycles. The van der Waals surface area contributed by atoms with Gasteiger partial charge in [-0.25, -0.2) is 4.98 Å². The Labute approximate surface area is 106 Å². The van der Waals surface area contributed by atoms with Crippen LogP contribution in [0.5, 0.6) is 0 Å². The van der Waals surface area contributed by atoms with Crippen molar-refractivity contribution in [2.45, 2.75) is 19.4 Å². The average Bonchev–Trinajstić information content (AvgIpc) is 2.82. The quantitative estimate of drug-likeness (QED) is 0.734. The van der Waals surface area contributed by atoms with Crippen LogP contribution in [-0.2, 0) is 6.54 Å². The first-order valence-corrected chi connectivity index (χ1v) is 6.45. The molecule has 0 saturated heterocycles. The van der Waals surface area contributed by atoms with Crippen molar-refractivity contribution >= 4 is 22.7 Å². The van der Waals surface area contributed by atoms with Crippen molar-refractivity contribution in [2.24, 2.45) is 0 Å². The van der Waals surface area contributed by atoms with Crippen LogP contribution in [-0.4, -0.2) is 9.55 Å². The molecule has 1 aromatic heterocycles. The van der Waals surface area contributed by atoms with Gasteiger partial charge in [-0.05, 0) is 24.5 Å². The third-order valence-corrected chi connectivity index (χ3v) is 3.68. The summed E-state index contributed by atoms with van der Waals surface area (Å²) in [6.07, 6.45) is 13.2. The van der Waals surface area contributed by atoms with Gasteiger partial charge < -0.3 is 4.57 Å². The van der Waals surface area contributed by atoms with Gasteiger partial charge in [-0.2, -0.15) is 0 Å². The molecule has 1 aromatic carbocycles. The number of benzene rings is 1. The molecule has 2 nitrogen and oxygen atoms in total. The SMILES string of the molecule is C1=CCCC(c2nc3cccc4c3n2CC=C4)=C1. The number of hydrogen-bond acceptors (Lipinski definition) is 1. The maximum Gasteiger partial charge on any atom is 0.137 e. The minimum absolute atomic E-state index is 0.934. The summed E-state index contributed by atoms with van der Waals surface area (Å²) >= 11 is 0. The van der Waals surface area contributed by atoms with Crippen molar-refractivity contribution in [3.05, 3.63) is 53.9 Å². The lowest BCUT2D eigenvalue weighted by Gasteiger charge is -2.14. The van der Waals surface area contributed by atoms with Crippen LogP contribution in [0.1, 0.15) is 24.2 Å². The first-order chi connectivity index (χ1) is 8.93. The zero-order valence-corrected chi connectivity index (χ0v) is 10.1. The summed E-state index contributed by atoms with van der Waals surface area (Å²) in [6.45, 7) is 0.934. The molecule has 0 unspecified atom stereocenters. The Kier molecular flexibility index (Phi) is 2.04. The predicted octanol–water partition coefficient (Wildman–Crippen LogP) is 3.80. The minimum atomic E-state index is 0.934. The second-order valence-corrected chi connectivity index (χ2v) is 4.82. The summed E-state index contributed by atoms with van der Waals surface area (Å²) < 4.78 is 2.34. The fourth-order valence-electron chi connectivity index (χ4n) is 2.84. The molecule has 2 heterocycles. The molecule has 0 N–H and O–H groups in total. The van der Waals surface area contributed by atoms with Crippen LogP contribution >= 0.6 is 0 Å². The first-order valence-electron chi connectivity index (χ1n) is 6.45. The van der Waals surface area contributed by atoms with E-state index >= 15 is 0 Å². The van der Waals surface area contributed by atoms with E-state index in [0.717, 1.165) is 30.7 Å². The molecular weight excluding hydrogens is 220 g/mol. The fraction of sp³-hybridized carbons (Fsp3) is 0.188. The second-order valence-electron chi connectivity index (χ2n) is 4.82. The van der Waals surface area contributed by atoms with Gasteiger partial charge >= 0.3 is 0 Å². The van der Waals surface area contributed by atoms with Gasteiger partial charge in [-0.3, -0.25) is 0 Å². The van der Waals surface area contributed by atoms with E-state index in [1.807, 2.05) is 0 Å². The smallest absolute Gasteiger partial charge is 0.137 e. The Hall–Kier alpha value is -2.09. The molecule has 0 fully saturated rings. The highest BCUT2D eigenvalue weighted by molar-refractivity contribution is 5.89. The van der Waals surface area contributed by atoms with Crippen LogP contribution in [0.25, 0.3) is 22.7 Å². The van der Waals surface area contributed by atoms with Crippen molar-refractivity contribution < 1.29 is 0 Å². The highest BCUT2D eigenvalue weighted by Crippen LogP contribution is 2.30. The molecule has 0 atom stereocenters. The maximum atomic E-state index is 4.83. The van der Waals surface area contributed by atoms with Gasteiger partial charge in [-0.1, -0.05) is 42.5 Å². The molecule has 2 aliphatic rings. The van der Waals surface area contributed by atoms with Crippen LogP contribution < -0.4 is 0 Å². The lowest BCUT2D eigenvalue weighted by Crippen LogP contribution is -2.05. The van der Waals surface area contributed by atoms with E-state index in [0.29, 0.717) is 0 Å². The number of nitrogens with zero attached hydrogens (tertiary/aromatic N) is 2. The molecule has 1 aliphatic carbocycles. The molecule has 0 bridgehead atoms. The Morgan fingerprint density at radius 1 is 1.17 bits per heavy atom. The molecular formula is C16H14N2. The van der Waals surface area contributed by atoms with Gasteiger partial charge in [0.25, 0.3) is 0 Å². The van der Waals surface area contributed by atoms with Crippen molar-refractivity contribution in [3.8, 4) is 0 Å². The normalized spacial score (nSPS) is 17.2. The summed E-state index contributed by atoms with van der Waals surface area (Å²) in [7, 11) is 0. The Bertz CT molecular complexity index is 714. The fourth-order valence-corrected chi connectivity index (χ4v) is 2.84. The lowest BCUT2D eigenvalue weighted by atomic mass is 10.0. The number of rotatable bonds is 1. The van der Waals surface area contributed by atoms with Gasteiger partial charge in [0.15, 0.2) is 0 Å². The van der Waals surface area contributed by atoms with E-state index in [1.165, 1.54) is 16.7 Å². The molecule has 0 radical (unpaired) electrons. The van der Waals surface area contributed by atoms with Gasteiger partial charge in [0.1, 0.15) is 5.82 Å². The van der Waals surface area contributed by atoms with Crippen LogP contribution in [0.3, 0.4) is 0 Å². The maximum absolute atomic E-state index is 4.83. The number of allylic oxidation sites excluding steroid dienone is 5. The van der Waals surface area contributed by atoms with E-state index in [9.17, 15) is 0 Å². The van der Waals surface area contributed by atoms with Gasteiger partial charge in [-0.15, -0.1) is 0 Å². The zero-order chi connectivity index (χ0) is 11.9. The Morgan fingerprint density at radius 3 is 3.06 bits per heavy atom. The van der Waals surface area contributed by atoms with Gasteiger partial charge in [0.05, 0.1) is 11.0 Å². The van der Waals surface area contributed by atoms with Crippen molar-refractivity contribution in [2.75, 3.05) is 0 Å².